The highest BCUT2D eigenvalue weighted by Gasteiger charge is 2.30. The molecule has 0 unspecified atom stereocenters. The summed E-state index contributed by atoms with van der Waals surface area (Å²) in [6.45, 7) is -2.19. The van der Waals surface area contributed by atoms with Gasteiger partial charge in [0.05, 0.1) is 12.6 Å². The summed E-state index contributed by atoms with van der Waals surface area (Å²) in [7, 11) is -4.33. The van der Waals surface area contributed by atoms with E-state index in [0.717, 1.165) is 5.56 Å². The average Bonchev–Trinajstić information content (AvgIpc) is 2.36. The third-order valence-corrected chi connectivity index (χ3v) is 3.50. The molecule has 0 heterocycles. The molecule has 5 nitrogen and oxygen atoms in total. The maximum atomic E-state index is 11.9. The number of aliphatic hydroxyl groups excluding tert-OH is 1. The van der Waals surface area contributed by atoms with Crippen molar-refractivity contribution >= 4 is 10.2 Å². The van der Waals surface area contributed by atoms with Gasteiger partial charge in [-0.05, 0) is 12.0 Å². The zero-order valence-corrected chi connectivity index (χ0v) is 11.2. The van der Waals surface area contributed by atoms with Crippen molar-refractivity contribution in [3.05, 3.63) is 35.9 Å². The molecule has 1 rings (SSSR count). The van der Waals surface area contributed by atoms with Crippen molar-refractivity contribution in [1.82, 2.24) is 9.44 Å². The van der Waals surface area contributed by atoms with E-state index < -0.39 is 35.6 Å². The normalized spacial score (nSPS) is 14.2. The Morgan fingerprint density at radius 3 is 2.30 bits per heavy atom. The molecule has 3 N–H and O–H groups in total. The molecule has 0 aliphatic carbocycles. The molecule has 0 aliphatic rings. The molecule has 0 saturated heterocycles. The molecule has 0 fully saturated rings. The van der Waals surface area contributed by atoms with Crippen LogP contribution in [-0.4, -0.2) is 38.9 Å². The number of alkyl halides is 3. The minimum absolute atomic E-state index is 0.171. The Labute approximate surface area is 115 Å². The lowest BCUT2D eigenvalue weighted by molar-refractivity contribution is -0.121. The fraction of sp³-hybridized carbons (Fsp3) is 0.455. The predicted octanol–water partition coefficient (Wildman–Crippen LogP) is 0.576. The number of nitrogens with one attached hydrogen (secondary N) is 2. The van der Waals surface area contributed by atoms with Gasteiger partial charge in [-0.25, -0.2) is 0 Å². The van der Waals surface area contributed by atoms with Gasteiger partial charge in [-0.15, -0.1) is 0 Å². The van der Waals surface area contributed by atoms with Crippen LogP contribution in [0.2, 0.25) is 0 Å². The van der Waals surface area contributed by atoms with Crippen LogP contribution in [0.25, 0.3) is 0 Å². The minimum Gasteiger partial charge on any atom is -0.395 e. The number of hydrogen-bond donors (Lipinski definition) is 3. The Kier molecular flexibility index (Phi) is 5.93. The third-order valence-electron chi connectivity index (χ3n) is 2.33. The Balaban J connectivity index is 2.59. The molecule has 9 heteroatoms. The molecule has 114 valence electrons. The van der Waals surface area contributed by atoms with E-state index in [1.165, 1.54) is 4.72 Å². The summed E-state index contributed by atoms with van der Waals surface area (Å²) < 4.78 is 62.0. The zero-order chi connectivity index (χ0) is 15.2. The van der Waals surface area contributed by atoms with Gasteiger partial charge in [0.25, 0.3) is 10.2 Å². The standard InChI is InChI=1S/C11H15F3N2O3S/c12-11(13,14)8-15-20(18,19)16-10(7-17)6-9-4-2-1-3-5-9/h1-5,10,15-17H,6-8H2/t10-/m1/s1. The van der Waals surface area contributed by atoms with Crippen LogP contribution in [0.4, 0.5) is 13.2 Å². The van der Waals surface area contributed by atoms with Crippen LogP contribution in [0.3, 0.4) is 0 Å². The highest BCUT2D eigenvalue weighted by Crippen LogP contribution is 2.12. The lowest BCUT2D eigenvalue weighted by Crippen LogP contribution is -2.47. The zero-order valence-electron chi connectivity index (χ0n) is 10.4. The summed E-state index contributed by atoms with van der Waals surface area (Å²) in [6, 6.07) is 7.79. The molecule has 1 aromatic carbocycles. The minimum atomic E-state index is -4.64. The topological polar surface area (TPSA) is 78.4 Å². The molecule has 0 saturated carbocycles. The molecular weight excluding hydrogens is 297 g/mol. The third kappa shape index (κ3) is 6.85. The second-order valence-corrected chi connectivity index (χ2v) is 5.66. The van der Waals surface area contributed by atoms with Gasteiger partial charge in [0, 0.05) is 0 Å². The Morgan fingerprint density at radius 1 is 1.20 bits per heavy atom. The number of rotatable bonds is 7. The quantitative estimate of drug-likeness (QED) is 0.689. The lowest BCUT2D eigenvalue weighted by atomic mass is 10.1. The Morgan fingerprint density at radius 2 is 1.80 bits per heavy atom. The van der Waals surface area contributed by atoms with E-state index in [-0.39, 0.29) is 6.42 Å². The Hall–Kier alpha value is -1.16. The SMILES string of the molecule is O=S(=O)(NCC(F)(F)F)N[C@@H](CO)Cc1ccccc1. The van der Waals surface area contributed by atoms with Crippen LogP contribution < -0.4 is 9.44 Å². The van der Waals surface area contributed by atoms with Gasteiger partial charge in [0.15, 0.2) is 0 Å². The average molecular weight is 312 g/mol. The summed E-state index contributed by atoms with van der Waals surface area (Å²) >= 11 is 0. The van der Waals surface area contributed by atoms with Crippen molar-refractivity contribution in [3.63, 3.8) is 0 Å². The van der Waals surface area contributed by atoms with Crippen molar-refractivity contribution in [2.24, 2.45) is 0 Å². The van der Waals surface area contributed by atoms with Crippen LogP contribution in [0, 0.1) is 0 Å². The summed E-state index contributed by atoms with van der Waals surface area (Å²) in [5.41, 5.74) is 0.755. The summed E-state index contributed by atoms with van der Waals surface area (Å²) in [6.07, 6.45) is -4.47. The van der Waals surface area contributed by atoms with Crippen molar-refractivity contribution in [3.8, 4) is 0 Å². The van der Waals surface area contributed by atoms with Crippen molar-refractivity contribution < 1.29 is 26.7 Å². The molecule has 0 aromatic heterocycles. The molecule has 1 atom stereocenters. The largest absolute Gasteiger partial charge is 0.402 e. The molecule has 20 heavy (non-hydrogen) atoms. The number of benzene rings is 1. The predicted molar refractivity (Wildman–Crippen MR) is 67.1 cm³/mol. The first-order valence-corrected chi connectivity index (χ1v) is 7.18. The van der Waals surface area contributed by atoms with Crippen molar-refractivity contribution in [2.75, 3.05) is 13.2 Å². The van der Waals surface area contributed by atoms with Crippen molar-refractivity contribution in [2.45, 2.75) is 18.6 Å². The second-order valence-electron chi connectivity index (χ2n) is 4.13. The van der Waals surface area contributed by atoms with Gasteiger partial charge in [-0.1, -0.05) is 30.3 Å². The summed E-state index contributed by atoms with van der Waals surface area (Å²) in [5.74, 6) is 0. The van der Waals surface area contributed by atoms with Gasteiger partial charge in [0.1, 0.15) is 6.54 Å². The fourth-order valence-electron chi connectivity index (χ4n) is 1.48. The first-order chi connectivity index (χ1) is 9.22. The van der Waals surface area contributed by atoms with Gasteiger partial charge in [-0.3, -0.25) is 0 Å². The molecule has 0 amide bonds. The number of hydrogen-bond acceptors (Lipinski definition) is 3. The molecule has 0 bridgehead atoms. The van der Waals surface area contributed by atoms with Crippen LogP contribution in [0.1, 0.15) is 5.56 Å². The van der Waals surface area contributed by atoms with Gasteiger partial charge < -0.3 is 5.11 Å². The van der Waals surface area contributed by atoms with Gasteiger partial charge in [0.2, 0.25) is 0 Å². The van der Waals surface area contributed by atoms with Gasteiger partial charge in [-0.2, -0.15) is 31.0 Å². The molecule has 0 spiro atoms. The van der Waals surface area contributed by atoms with E-state index in [0.29, 0.717) is 0 Å². The summed E-state index contributed by atoms with van der Waals surface area (Å²) in [5, 5.41) is 9.10. The van der Waals surface area contributed by atoms with E-state index in [4.69, 9.17) is 5.11 Å². The maximum Gasteiger partial charge on any atom is 0.402 e. The molecular formula is C11H15F3N2O3S. The molecule has 0 radical (unpaired) electrons. The monoisotopic (exact) mass is 312 g/mol. The lowest BCUT2D eigenvalue weighted by Gasteiger charge is -2.17. The first-order valence-electron chi connectivity index (χ1n) is 5.70. The highest BCUT2D eigenvalue weighted by atomic mass is 32.2. The second kappa shape index (κ2) is 7.02. The van der Waals surface area contributed by atoms with E-state index in [2.05, 4.69) is 0 Å². The number of aliphatic hydroxyl groups is 1. The first kappa shape index (κ1) is 16.9. The smallest absolute Gasteiger partial charge is 0.395 e. The van der Waals surface area contributed by atoms with Crippen LogP contribution in [0.5, 0.6) is 0 Å². The highest BCUT2D eigenvalue weighted by molar-refractivity contribution is 7.87. The summed E-state index contributed by atoms with van der Waals surface area (Å²) in [4.78, 5) is 0. The van der Waals surface area contributed by atoms with E-state index in [1.807, 2.05) is 4.72 Å². The number of halogens is 3. The van der Waals surface area contributed by atoms with Crippen LogP contribution in [0.15, 0.2) is 30.3 Å². The maximum absolute atomic E-state index is 11.9. The van der Waals surface area contributed by atoms with Crippen LogP contribution in [-0.2, 0) is 16.6 Å². The van der Waals surface area contributed by atoms with E-state index in [9.17, 15) is 21.6 Å². The van der Waals surface area contributed by atoms with Crippen molar-refractivity contribution in [1.29, 1.82) is 0 Å². The Bertz CT molecular complexity index is 505. The fourth-order valence-corrected chi connectivity index (χ4v) is 2.51. The van der Waals surface area contributed by atoms with Gasteiger partial charge >= 0.3 is 6.18 Å². The molecule has 0 aliphatic heterocycles. The van der Waals surface area contributed by atoms with E-state index in [1.54, 1.807) is 30.3 Å². The van der Waals surface area contributed by atoms with Crippen LogP contribution >= 0.6 is 0 Å². The van der Waals surface area contributed by atoms with E-state index >= 15 is 0 Å². The molecule has 1 aromatic rings.